The Kier molecular flexibility index (Phi) is 4.61. The Hall–Kier alpha value is -1.95. The van der Waals surface area contributed by atoms with Crippen LogP contribution in [0.2, 0.25) is 0 Å². The van der Waals surface area contributed by atoms with Crippen molar-refractivity contribution in [2.24, 2.45) is 5.92 Å². The molecule has 3 rings (SSSR count). The highest BCUT2D eigenvalue weighted by atomic mass is 16.3. The van der Waals surface area contributed by atoms with Crippen molar-refractivity contribution < 1.29 is 9.90 Å². The summed E-state index contributed by atoms with van der Waals surface area (Å²) < 4.78 is 0. The van der Waals surface area contributed by atoms with Gasteiger partial charge in [-0.1, -0.05) is 36.4 Å². The Labute approximate surface area is 136 Å². The number of rotatable bonds is 4. The van der Waals surface area contributed by atoms with Gasteiger partial charge < -0.3 is 10.4 Å². The Bertz CT molecular complexity index is 693. The van der Waals surface area contributed by atoms with Crippen LogP contribution in [0, 0.1) is 5.92 Å². The number of carbonyl (C=O) groups is 1. The van der Waals surface area contributed by atoms with E-state index < -0.39 is 6.10 Å². The lowest BCUT2D eigenvalue weighted by atomic mass is 9.96. The summed E-state index contributed by atoms with van der Waals surface area (Å²) in [5, 5.41) is 15.3. The first-order valence-corrected chi connectivity index (χ1v) is 8.02. The van der Waals surface area contributed by atoms with Gasteiger partial charge in [0.15, 0.2) is 6.10 Å². The standard InChI is InChI=1S/C18H23N3O2/c1-11-16(12(2)21-20-11)10-19-18(23)17(22)15-8-7-13-5-3-4-6-14(13)9-15/h3-9,11-12,16-17,20-22H,10H2,1-2H3,(H,19,23)/t11?,12?,16?,17-/m1/s1. The second-order valence-corrected chi connectivity index (χ2v) is 6.28. The van der Waals surface area contributed by atoms with E-state index in [0.717, 1.165) is 10.8 Å². The van der Waals surface area contributed by atoms with Crippen LogP contribution in [0.5, 0.6) is 0 Å². The monoisotopic (exact) mass is 313 g/mol. The van der Waals surface area contributed by atoms with Crippen LogP contribution >= 0.6 is 0 Å². The number of aliphatic hydroxyl groups is 1. The van der Waals surface area contributed by atoms with Crippen molar-refractivity contribution in [2.75, 3.05) is 6.54 Å². The maximum atomic E-state index is 12.2. The highest BCUT2D eigenvalue weighted by Gasteiger charge is 2.30. The first-order valence-electron chi connectivity index (χ1n) is 8.02. The molecule has 1 aliphatic rings. The predicted molar refractivity (Wildman–Crippen MR) is 90.6 cm³/mol. The summed E-state index contributed by atoms with van der Waals surface area (Å²) in [5.74, 6) is -0.0608. The topological polar surface area (TPSA) is 73.4 Å². The van der Waals surface area contributed by atoms with Crippen molar-refractivity contribution >= 4 is 16.7 Å². The third-order valence-electron chi connectivity index (χ3n) is 4.67. The van der Waals surface area contributed by atoms with E-state index in [1.165, 1.54) is 0 Å². The molecule has 1 fully saturated rings. The van der Waals surface area contributed by atoms with Crippen LogP contribution in [-0.2, 0) is 4.79 Å². The summed E-state index contributed by atoms with van der Waals surface area (Å²) in [5.41, 5.74) is 6.94. The van der Waals surface area contributed by atoms with Crippen molar-refractivity contribution in [3.05, 3.63) is 48.0 Å². The van der Waals surface area contributed by atoms with E-state index in [1.54, 1.807) is 6.07 Å². The maximum absolute atomic E-state index is 12.2. The minimum absolute atomic E-state index is 0.281. The fourth-order valence-corrected chi connectivity index (χ4v) is 3.11. The van der Waals surface area contributed by atoms with Crippen LogP contribution in [0.3, 0.4) is 0 Å². The number of benzene rings is 2. The van der Waals surface area contributed by atoms with Crippen molar-refractivity contribution in [3.63, 3.8) is 0 Å². The van der Waals surface area contributed by atoms with Crippen molar-refractivity contribution in [2.45, 2.75) is 32.0 Å². The molecule has 3 atom stereocenters. The van der Waals surface area contributed by atoms with E-state index in [2.05, 4.69) is 30.0 Å². The summed E-state index contributed by atoms with van der Waals surface area (Å²) in [6, 6.07) is 14.1. The molecule has 1 saturated heterocycles. The molecule has 0 bridgehead atoms. The highest BCUT2D eigenvalue weighted by molar-refractivity contribution is 5.86. The molecule has 122 valence electrons. The van der Waals surface area contributed by atoms with Crippen LogP contribution in [0.4, 0.5) is 0 Å². The predicted octanol–water partition coefficient (Wildman–Crippen LogP) is 1.49. The van der Waals surface area contributed by atoms with Gasteiger partial charge >= 0.3 is 0 Å². The van der Waals surface area contributed by atoms with Gasteiger partial charge in [0.05, 0.1) is 0 Å². The number of hydrogen-bond acceptors (Lipinski definition) is 4. The van der Waals surface area contributed by atoms with E-state index in [1.807, 2.05) is 36.4 Å². The molecule has 23 heavy (non-hydrogen) atoms. The van der Waals surface area contributed by atoms with Crippen LogP contribution in [0.1, 0.15) is 25.5 Å². The van der Waals surface area contributed by atoms with Gasteiger partial charge in [0, 0.05) is 24.5 Å². The lowest BCUT2D eigenvalue weighted by molar-refractivity contribution is -0.129. The number of fused-ring (bicyclic) bond motifs is 1. The molecule has 2 aromatic rings. The first-order chi connectivity index (χ1) is 11.1. The molecule has 1 aliphatic heterocycles. The Morgan fingerprint density at radius 1 is 1.13 bits per heavy atom. The largest absolute Gasteiger partial charge is 0.378 e. The van der Waals surface area contributed by atoms with Gasteiger partial charge in [-0.25, -0.2) is 0 Å². The molecule has 0 radical (unpaired) electrons. The first kappa shape index (κ1) is 15.9. The van der Waals surface area contributed by atoms with Gasteiger partial charge in [0.1, 0.15) is 0 Å². The highest BCUT2D eigenvalue weighted by Crippen LogP contribution is 2.21. The third kappa shape index (κ3) is 3.37. The van der Waals surface area contributed by atoms with Gasteiger partial charge in [-0.3, -0.25) is 15.6 Å². The van der Waals surface area contributed by atoms with Crippen LogP contribution in [0.25, 0.3) is 10.8 Å². The number of hydrogen-bond donors (Lipinski definition) is 4. The molecule has 2 aromatic carbocycles. The lowest BCUT2D eigenvalue weighted by Crippen LogP contribution is -2.39. The zero-order chi connectivity index (χ0) is 16.4. The second-order valence-electron chi connectivity index (χ2n) is 6.28. The Morgan fingerprint density at radius 2 is 1.78 bits per heavy atom. The molecule has 1 heterocycles. The SMILES string of the molecule is CC1NNC(C)C1CNC(=O)[C@H](O)c1ccc2ccccc2c1. The smallest absolute Gasteiger partial charge is 0.253 e. The quantitative estimate of drug-likeness (QED) is 0.690. The average Bonchev–Trinajstić information content (AvgIpc) is 2.89. The molecule has 5 nitrogen and oxygen atoms in total. The minimum atomic E-state index is -1.15. The van der Waals surface area contributed by atoms with Gasteiger partial charge in [-0.15, -0.1) is 0 Å². The fourth-order valence-electron chi connectivity index (χ4n) is 3.11. The van der Waals surface area contributed by atoms with E-state index >= 15 is 0 Å². The third-order valence-corrected chi connectivity index (χ3v) is 4.67. The van der Waals surface area contributed by atoms with Gasteiger partial charge in [-0.05, 0) is 36.2 Å². The maximum Gasteiger partial charge on any atom is 0.253 e. The van der Waals surface area contributed by atoms with E-state index in [9.17, 15) is 9.90 Å². The van der Waals surface area contributed by atoms with Gasteiger partial charge in [0.25, 0.3) is 5.91 Å². The molecule has 0 aliphatic carbocycles. The molecule has 1 amide bonds. The van der Waals surface area contributed by atoms with Crippen LogP contribution < -0.4 is 16.2 Å². The van der Waals surface area contributed by atoms with E-state index in [-0.39, 0.29) is 18.0 Å². The average molecular weight is 313 g/mol. The molecule has 4 N–H and O–H groups in total. The number of nitrogens with one attached hydrogen (secondary N) is 3. The Balaban J connectivity index is 1.66. The zero-order valence-corrected chi connectivity index (χ0v) is 13.4. The van der Waals surface area contributed by atoms with Crippen LogP contribution in [0.15, 0.2) is 42.5 Å². The van der Waals surface area contributed by atoms with Crippen molar-refractivity contribution in [1.29, 1.82) is 0 Å². The summed E-state index contributed by atoms with van der Waals surface area (Å²) >= 11 is 0. The van der Waals surface area contributed by atoms with Gasteiger partial charge in [0.2, 0.25) is 0 Å². The molecule has 2 unspecified atom stereocenters. The molecule has 0 saturated carbocycles. The summed E-state index contributed by atoms with van der Waals surface area (Å²) in [6.07, 6.45) is -1.15. The normalized spacial score (nSPS) is 25.4. The van der Waals surface area contributed by atoms with Crippen molar-refractivity contribution in [1.82, 2.24) is 16.2 Å². The van der Waals surface area contributed by atoms with Crippen LogP contribution in [-0.4, -0.2) is 29.6 Å². The van der Waals surface area contributed by atoms with E-state index in [4.69, 9.17) is 0 Å². The Morgan fingerprint density at radius 3 is 2.48 bits per heavy atom. The molecule has 0 spiro atoms. The minimum Gasteiger partial charge on any atom is -0.378 e. The molecular formula is C18H23N3O2. The van der Waals surface area contributed by atoms with Crippen molar-refractivity contribution in [3.8, 4) is 0 Å². The summed E-state index contributed by atoms with van der Waals surface area (Å²) in [4.78, 5) is 12.2. The fraction of sp³-hybridized carbons (Fsp3) is 0.389. The van der Waals surface area contributed by atoms with E-state index in [0.29, 0.717) is 18.0 Å². The summed E-state index contributed by atoms with van der Waals surface area (Å²) in [7, 11) is 0. The van der Waals surface area contributed by atoms with Gasteiger partial charge in [-0.2, -0.15) is 0 Å². The molecular weight excluding hydrogens is 290 g/mol. The number of hydrazine groups is 1. The lowest BCUT2D eigenvalue weighted by Gasteiger charge is -2.20. The second kappa shape index (κ2) is 6.66. The number of carbonyl (C=O) groups excluding carboxylic acids is 1. The molecule has 5 heteroatoms. The zero-order valence-electron chi connectivity index (χ0n) is 13.4. The number of amides is 1. The summed E-state index contributed by atoms with van der Waals surface area (Å²) in [6.45, 7) is 4.69. The molecule has 0 aromatic heterocycles. The number of aliphatic hydroxyl groups excluding tert-OH is 1.